The summed E-state index contributed by atoms with van der Waals surface area (Å²) in [5.41, 5.74) is 7.06. The number of hydrogen-bond acceptors (Lipinski definition) is 6. The summed E-state index contributed by atoms with van der Waals surface area (Å²) in [6.45, 7) is 4.55. The Balaban J connectivity index is 1.80. The van der Waals surface area contributed by atoms with E-state index in [2.05, 4.69) is 10.9 Å². The van der Waals surface area contributed by atoms with Crippen LogP contribution >= 0.6 is 0 Å². The largest absolute Gasteiger partial charge is 0.350 e. The van der Waals surface area contributed by atoms with Crippen molar-refractivity contribution >= 4 is 27.9 Å². The first-order valence-corrected chi connectivity index (χ1v) is 16.1. The van der Waals surface area contributed by atoms with E-state index in [1.807, 2.05) is 86.7 Å². The van der Waals surface area contributed by atoms with E-state index >= 15 is 0 Å². The number of hydrogen-bond donors (Lipinski definition) is 2. The molecule has 41 heavy (non-hydrogen) atoms. The molecule has 3 atom stereocenters. The highest BCUT2D eigenvalue weighted by molar-refractivity contribution is 7.88. The summed E-state index contributed by atoms with van der Waals surface area (Å²) in [5, 5.41) is 0. The number of allylic oxidation sites excluding steroid dienone is 1. The SMILES string of the molecule is CC(C)C[C@@H](C(=O)NN(CCc1ccccc1)S(C)(=O)=O)[C@H](CC=Cc1ccccc1)C(=O)NOC1CCCCO1. The van der Waals surface area contributed by atoms with Gasteiger partial charge in [-0.25, -0.2) is 18.7 Å². The second-order valence-corrected chi connectivity index (χ2v) is 12.7. The molecule has 0 bridgehead atoms. The van der Waals surface area contributed by atoms with Crippen molar-refractivity contribution in [1.82, 2.24) is 15.3 Å². The molecule has 1 heterocycles. The van der Waals surface area contributed by atoms with Gasteiger partial charge in [-0.15, -0.1) is 4.41 Å². The summed E-state index contributed by atoms with van der Waals surface area (Å²) >= 11 is 0. The molecule has 3 rings (SSSR count). The fourth-order valence-electron chi connectivity index (χ4n) is 4.72. The highest BCUT2D eigenvalue weighted by atomic mass is 32.2. The lowest BCUT2D eigenvalue weighted by Gasteiger charge is -2.30. The Kier molecular flexibility index (Phi) is 13.0. The molecule has 0 aromatic heterocycles. The van der Waals surface area contributed by atoms with Crippen LogP contribution in [0.1, 0.15) is 57.1 Å². The Morgan fingerprint density at radius 2 is 1.71 bits per heavy atom. The van der Waals surface area contributed by atoms with Crippen LogP contribution in [0.3, 0.4) is 0 Å². The van der Waals surface area contributed by atoms with Gasteiger partial charge in [0.2, 0.25) is 21.8 Å². The molecule has 2 aromatic carbocycles. The summed E-state index contributed by atoms with van der Waals surface area (Å²) in [5.74, 6) is -2.53. The lowest BCUT2D eigenvalue weighted by Crippen LogP contribution is -2.51. The Morgan fingerprint density at radius 3 is 2.32 bits per heavy atom. The zero-order valence-electron chi connectivity index (χ0n) is 24.2. The number of carbonyl (C=O) groups excluding carboxylic acids is 2. The normalized spacial score (nSPS) is 17.4. The summed E-state index contributed by atoms with van der Waals surface area (Å²) in [6.07, 6.45) is 7.87. The molecule has 0 aliphatic carbocycles. The van der Waals surface area contributed by atoms with E-state index in [1.165, 1.54) is 0 Å². The van der Waals surface area contributed by atoms with Crippen molar-refractivity contribution in [3.8, 4) is 0 Å². The molecule has 1 aliphatic heterocycles. The van der Waals surface area contributed by atoms with Crippen molar-refractivity contribution in [2.75, 3.05) is 19.4 Å². The van der Waals surface area contributed by atoms with Crippen LogP contribution < -0.4 is 10.9 Å². The highest BCUT2D eigenvalue weighted by Gasteiger charge is 2.36. The van der Waals surface area contributed by atoms with Crippen molar-refractivity contribution in [1.29, 1.82) is 0 Å². The van der Waals surface area contributed by atoms with Crippen LogP contribution in [-0.4, -0.2) is 50.3 Å². The fraction of sp³-hybridized carbons (Fsp3) is 0.484. The second kappa shape index (κ2) is 16.4. The van der Waals surface area contributed by atoms with Gasteiger partial charge in [-0.2, -0.15) is 0 Å². The average Bonchev–Trinajstić information content (AvgIpc) is 2.96. The molecule has 224 valence electrons. The standard InChI is InChI=1S/C31H43N3O6S/c1-24(2)23-28(30(35)32-34(41(3,37)38)21-20-26-15-8-5-9-16-26)27(18-12-17-25-13-6-4-7-14-25)31(36)33-40-29-19-10-11-22-39-29/h4-9,12-17,24,27-29H,10-11,18-23H2,1-3H3,(H,32,35)(H,33,36)/t27-,28+,29?/m0/s1. The fourth-order valence-corrected chi connectivity index (χ4v) is 5.40. The molecular formula is C31H43N3O6S. The van der Waals surface area contributed by atoms with E-state index in [0.717, 1.165) is 34.6 Å². The van der Waals surface area contributed by atoms with E-state index < -0.39 is 40.0 Å². The zero-order chi connectivity index (χ0) is 29.7. The number of ether oxygens (including phenoxy) is 1. The van der Waals surface area contributed by atoms with Gasteiger partial charge in [-0.05, 0) is 49.1 Å². The number of carbonyl (C=O) groups is 2. The maximum atomic E-state index is 13.7. The summed E-state index contributed by atoms with van der Waals surface area (Å²) in [7, 11) is -3.77. The number of benzene rings is 2. The molecule has 2 amide bonds. The Hall–Kier alpha value is -3.05. The topological polar surface area (TPSA) is 114 Å². The van der Waals surface area contributed by atoms with Crippen LogP contribution in [0.15, 0.2) is 66.7 Å². The lowest BCUT2D eigenvalue weighted by atomic mass is 9.82. The third-order valence-corrected chi connectivity index (χ3v) is 7.97. The van der Waals surface area contributed by atoms with Gasteiger partial charge in [0.05, 0.1) is 18.1 Å². The molecule has 1 unspecified atom stereocenters. The first-order chi connectivity index (χ1) is 19.6. The van der Waals surface area contributed by atoms with E-state index in [1.54, 1.807) is 0 Å². The van der Waals surface area contributed by atoms with E-state index in [0.29, 0.717) is 25.9 Å². The molecule has 2 aromatic rings. The van der Waals surface area contributed by atoms with Crippen molar-refractivity contribution in [2.24, 2.45) is 17.8 Å². The Bertz CT molecular complexity index is 1210. The molecule has 1 aliphatic rings. The van der Waals surface area contributed by atoms with Crippen LogP contribution in [-0.2, 0) is 35.6 Å². The van der Waals surface area contributed by atoms with Gasteiger partial charge in [0.25, 0.3) is 0 Å². The maximum Gasteiger partial charge on any atom is 0.247 e. The smallest absolute Gasteiger partial charge is 0.247 e. The van der Waals surface area contributed by atoms with E-state index in [-0.39, 0.29) is 18.9 Å². The quantitative estimate of drug-likeness (QED) is 0.298. The third kappa shape index (κ3) is 11.4. The maximum absolute atomic E-state index is 13.7. The third-order valence-electron chi connectivity index (χ3n) is 6.89. The predicted octanol–water partition coefficient (Wildman–Crippen LogP) is 4.48. The predicted molar refractivity (Wildman–Crippen MR) is 159 cm³/mol. The van der Waals surface area contributed by atoms with Crippen LogP contribution in [0.25, 0.3) is 6.08 Å². The summed E-state index contributed by atoms with van der Waals surface area (Å²) in [6, 6.07) is 19.1. The number of hydrazine groups is 1. The van der Waals surface area contributed by atoms with Gasteiger partial charge in [-0.1, -0.05) is 86.7 Å². The van der Waals surface area contributed by atoms with Gasteiger partial charge in [0.15, 0.2) is 6.29 Å². The first-order valence-electron chi connectivity index (χ1n) is 14.2. The van der Waals surface area contributed by atoms with Crippen molar-refractivity contribution < 1.29 is 27.6 Å². The van der Waals surface area contributed by atoms with Gasteiger partial charge in [0.1, 0.15) is 0 Å². The molecule has 0 radical (unpaired) electrons. The summed E-state index contributed by atoms with van der Waals surface area (Å²) in [4.78, 5) is 32.8. The van der Waals surface area contributed by atoms with Crippen molar-refractivity contribution in [3.05, 3.63) is 77.9 Å². The van der Waals surface area contributed by atoms with Gasteiger partial charge < -0.3 is 4.74 Å². The molecule has 0 saturated carbocycles. The van der Waals surface area contributed by atoms with Crippen molar-refractivity contribution in [2.45, 2.75) is 58.7 Å². The number of hydroxylamine groups is 1. The van der Waals surface area contributed by atoms with Crippen LogP contribution in [0.4, 0.5) is 0 Å². The van der Waals surface area contributed by atoms with Crippen LogP contribution in [0.2, 0.25) is 0 Å². The molecule has 1 fully saturated rings. The average molecular weight is 586 g/mol. The lowest BCUT2D eigenvalue weighted by molar-refractivity contribution is -0.203. The second-order valence-electron chi connectivity index (χ2n) is 10.8. The van der Waals surface area contributed by atoms with E-state index in [9.17, 15) is 18.0 Å². The van der Waals surface area contributed by atoms with Gasteiger partial charge in [-0.3, -0.25) is 15.0 Å². The van der Waals surface area contributed by atoms with Crippen molar-refractivity contribution in [3.63, 3.8) is 0 Å². The monoisotopic (exact) mass is 585 g/mol. The number of rotatable bonds is 15. The molecule has 0 spiro atoms. The molecule has 1 saturated heterocycles. The van der Waals surface area contributed by atoms with E-state index in [4.69, 9.17) is 9.57 Å². The Morgan fingerprint density at radius 1 is 1.02 bits per heavy atom. The van der Waals surface area contributed by atoms with Gasteiger partial charge >= 0.3 is 0 Å². The molecule has 2 N–H and O–H groups in total. The molecule has 9 nitrogen and oxygen atoms in total. The minimum atomic E-state index is -3.77. The number of nitrogens with one attached hydrogen (secondary N) is 2. The highest BCUT2D eigenvalue weighted by Crippen LogP contribution is 2.26. The molecular weight excluding hydrogens is 542 g/mol. The van der Waals surface area contributed by atoms with Crippen LogP contribution in [0, 0.1) is 17.8 Å². The van der Waals surface area contributed by atoms with Gasteiger partial charge in [0, 0.05) is 19.6 Å². The minimum Gasteiger partial charge on any atom is -0.350 e. The Labute approximate surface area is 244 Å². The zero-order valence-corrected chi connectivity index (χ0v) is 25.0. The summed E-state index contributed by atoms with van der Waals surface area (Å²) < 4.78 is 31.8. The number of nitrogens with zero attached hydrogens (tertiary/aromatic N) is 1. The first kappa shape index (κ1) is 32.5. The van der Waals surface area contributed by atoms with Crippen LogP contribution in [0.5, 0.6) is 0 Å². The number of amides is 2. The minimum absolute atomic E-state index is 0.0654. The molecule has 10 heteroatoms. The number of sulfonamides is 1.